The molecule has 0 aliphatic rings. The highest BCUT2D eigenvalue weighted by Gasteiger charge is 2.31. The van der Waals surface area contributed by atoms with Gasteiger partial charge in [-0.3, -0.25) is 4.79 Å². The standard InChI is InChI=1S/C10H13ClN2O2/c1-4-15-8(14)10(2,3)7-5-12-9(11)13-6-7/h5-6H,4H2,1-3H3. The molecule has 5 heteroatoms. The van der Waals surface area contributed by atoms with Crippen molar-refractivity contribution >= 4 is 17.6 Å². The summed E-state index contributed by atoms with van der Waals surface area (Å²) in [5, 5.41) is 0.165. The third-order valence-corrected chi connectivity index (χ3v) is 2.32. The lowest BCUT2D eigenvalue weighted by Crippen LogP contribution is -2.31. The molecule has 0 saturated carbocycles. The van der Waals surface area contributed by atoms with Crippen LogP contribution in [0.2, 0.25) is 5.28 Å². The minimum atomic E-state index is -0.749. The lowest BCUT2D eigenvalue weighted by atomic mass is 9.87. The molecule has 0 aromatic carbocycles. The Bertz CT molecular complexity index is 349. The number of carbonyl (C=O) groups is 1. The van der Waals surface area contributed by atoms with Crippen molar-refractivity contribution in [3.8, 4) is 0 Å². The van der Waals surface area contributed by atoms with Crippen molar-refractivity contribution in [1.29, 1.82) is 0 Å². The van der Waals surface area contributed by atoms with Gasteiger partial charge in [-0.05, 0) is 32.4 Å². The van der Waals surface area contributed by atoms with Crippen LogP contribution < -0.4 is 0 Å². The summed E-state index contributed by atoms with van der Waals surface area (Å²) in [7, 11) is 0. The number of nitrogens with zero attached hydrogens (tertiary/aromatic N) is 2. The van der Waals surface area contributed by atoms with Crippen LogP contribution >= 0.6 is 11.6 Å². The maximum atomic E-state index is 11.6. The quantitative estimate of drug-likeness (QED) is 0.586. The number of ether oxygens (including phenoxy) is 1. The molecule has 0 atom stereocenters. The van der Waals surface area contributed by atoms with Crippen molar-refractivity contribution in [2.24, 2.45) is 0 Å². The number of rotatable bonds is 3. The summed E-state index contributed by atoms with van der Waals surface area (Å²) in [6.45, 7) is 5.65. The number of hydrogen-bond acceptors (Lipinski definition) is 4. The second-order valence-corrected chi connectivity index (χ2v) is 3.92. The average molecular weight is 229 g/mol. The summed E-state index contributed by atoms with van der Waals surface area (Å²) in [6.07, 6.45) is 3.07. The molecule has 15 heavy (non-hydrogen) atoms. The van der Waals surface area contributed by atoms with Crippen LogP contribution in [0.5, 0.6) is 0 Å². The Kier molecular flexibility index (Phi) is 3.63. The Morgan fingerprint density at radius 3 is 2.47 bits per heavy atom. The first-order valence-electron chi connectivity index (χ1n) is 4.63. The van der Waals surface area contributed by atoms with Gasteiger partial charge in [-0.1, -0.05) is 0 Å². The van der Waals surface area contributed by atoms with Gasteiger partial charge in [0.05, 0.1) is 12.0 Å². The van der Waals surface area contributed by atoms with Gasteiger partial charge in [-0.2, -0.15) is 0 Å². The Hall–Kier alpha value is -1.16. The Balaban J connectivity index is 2.94. The molecule has 0 aliphatic heterocycles. The van der Waals surface area contributed by atoms with E-state index in [0.29, 0.717) is 12.2 Å². The molecule has 0 amide bonds. The normalized spacial score (nSPS) is 11.2. The first-order chi connectivity index (χ1) is 6.98. The zero-order chi connectivity index (χ0) is 11.5. The van der Waals surface area contributed by atoms with Crippen molar-refractivity contribution in [3.63, 3.8) is 0 Å². The predicted octanol–water partition coefficient (Wildman–Crippen LogP) is 1.97. The SMILES string of the molecule is CCOC(=O)C(C)(C)c1cnc(Cl)nc1. The zero-order valence-corrected chi connectivity index (χ0v) is 9.71. The largest absolute Gasteiger partial charge is 0.465 e. The third-order valence-electron chi connectivity index (χ3n) is 2.13. The van der Waals surface area contributed by atoms with Crippen LogP contribution in [0, 0.1) is 0 Å². The van der Waals surface area contributed by atoms with E-state index in [0.717, 1.165) is 0 Å². The van der Waals surface area contributed by atoms with Crippen LogP contribution in [0.15, 0.2) is 12.4 Å². The van der Waals surface area contributed by atoms with Gasteiger partial charge in [0.1, 0.15) is 0 Å². The number of esters is 1. The van der Waals surface area contributed by atoms with E-state index in [4.69, 9.17) is 16.3 Å². The minimum absolute atomic E-state index is 0.165. The van der Waals surface area contributed by atoms with Gasteiger partial charge in [0.2, 0.25) is 5.28 Å². The maximum Gasteiger partial charge on any atom is 0.316 e. The van der Waals surface area contributed by atoms with Gasteiger partial charge >= 0.3 is 5.97 Å². The molecule has 0 unspecified atom stereocenters. The first-order valence-corrected chi connectivity index (χ1v) is 5.01. The van der Waals surface area contributed by atoms with Crippen LogP contribution in [0.4, 0.5) is 0 Å². The number of halogens is 1. The van der Waals surface area contributed by atoms with Gasteiger partial charge < -0.3 is 4.74 Å². The predicted molar refractivity (Wildman–Crippen MR) is 56.7 cm³/mol. The number of carbonyl (C=O) groups excluding carboxylic acids is 1. The van der Waals surface area contributed by atoms with Crippen molar-refractivity contribution < 1.29 is 9.53 Å². The fourth-order valence-electron chi connectivity index (χ4n) is 1.06. The Morgan fingerprint density at radius 2 is 2.00 bits per heavy atom. The minimum Gasteiger partial charge on any atom is -0.465 e. The molecular weight excluding hydrogens is 216 g/mol. The molecule has 82 valence electrons. The molecule has 0 N–H and O–H groups in total. The van der Waals surface area contributed by atoms with Crippen LogP contribution in [-0.2, 0) is 14.9 Å². The van der Waals surface area contributed by atoms with Crippen LogP contribution in [0.3, 0.4) is 0 Å². The molecular formula is C10H13ClN2O2. The lowest BCUT2D eigenvalue weighted by molar-refractivity contribution is -0.148. The Labute approximate surface area is 93.6 Å². The first kappa shape index (κ1) is 11.9. The fraction of sp³-hybridized carbons (Fsp3) is 0.500. The van der Waals surface area contributed by atoms with Crippen molar-refractivity contribution in [2.45, 2.75) is 26.2 Å². The topological polar surface area (TPSA) is 52.1 Å². The van der Waals surface area contributed by atoms with Crippen LogP contribution in [0.25, 0.3) is 0 Å². The highest BCUT2D eigenvalue weighted by molar-refractivity contribution is 6.28. The molecule has 1 rings (SSSR count). The summed E-state index contributed by atoms with van der Waals surface area (Å²) in [5.41, 5.74) is -0.0639. The molecule has 1 heterocycles. The molecule has 1 aromatic rings. The monoisotopic (exact) mass is 228 g/mol. The number of hydrogen-bond donors (Lipinski definition) is 0. The second-order valence-electron chi connectivity index (χ2n) is 3.59. The van der Waals surface area contributed by atoms with Crippen LogP contribution in [-0.4, -0.2) is 22.5 Å². The molecule has 0 fully saturated rings. The van der Waals surface area contributed by atoms with E-state index >= 15 is 0 Å². The van der Waals surface area contributed by atoms with E-state index < -0.39 is 5.41 Å². The van der Waals surface area contributed by atoms with E-state index in [2.05, 4.69) is 9.97 Å². The summed E-state index contributed by atoms with van der Waals surface area (Å²) in [4.78, 5) is 19.3. The highest BCUT2D eigenvalue weighted by Crippen LogP contribution is 2.23. The maximum absolute atomic E-state index is 11.6. The molecule has 0 spiro atoms. The van der Waals surface area contributed by atoms with Gasteiger partial charge in [0.25, 0.3) is 0 Å². The van der Waals surface area contributed by atoms with E-state index in [1.807, 2.05) is 0 Å². The fourth-order valence-corrected chi connectivity index (χ4v) is 1.16. The third kappa shape index (κ3) is 2.65. The summed E-state index contributed by atoms with van der Waals surface area (Å²) < 4.78 is 4.96. The molecule has 0 bridgehead atoms. The smallest absolute Gasteiger partial charge is 0.316 e. The lowest BCUT2D eigenvalue weighted by Gasteiger charge is -2.21. The number of aromatic nitrogens is 2. The Morgan fingerprint density at radius 1 is 1.47 bits per heavy atom. The van der Waals surface area contributed by atoms with E-state index in [-0.39, 0.29) is 11.3 Å². The molecule has 4 nitrogen and oxygen atoms in total. The summed E-state index contributed by atoms with van der Waals surface area (Å²) in [6, 6.07) is 0. The summed E-state index contributed by atoms with van der Waals surface area (Å²) >= 11 is 5.56. The van der Waals surface area contributed by atoms with Crippen molar-refractivity contribution in [3.05, 3.63) is 23.2 Å². The van der Waals surface area contributed by atoms with Gasteiger partial charge in [0, 0.05) is 18.0 Å². The molecule has 0 radical (unpaired) electrons. The molecule has 1 aromatic heterocycles. The van der Waals surface area contributed by atoms with Crippen molar-refractivity contribution in [2.75, 3.05) is 6.61 Å². The summed E-state index contributed by atoms with van der Waals surface area (Å²) in [5.74, 6) is -0.295. The zero-order valence-electron chi connectivity index (χ0n) is 8.95. The second kappa shape index (κ2) is 4.57. The van der Waals surface area contributed by atoms with E-state index in [1.165, 1.54) is 12.4 Å². The van der Waals surface area contributed by atoms with Crippen LogP contribution in [0.1, 0.15) is 26.3 Å². The van der Waals surface area contributed by atoms with E-state index in [1.54, 1.807) is 20.8 Å². The van der Waals surface area contributed by atoms with E-state index in [9.17, 15) is 4.79 Å². The highest BCUT2D eigenvalue weighted by atomic mass is 35.5. The van der Waals surface area contributed by atoms with Gasteiger partial charge in [-0.25, -0.2) is 9.97 Å². The van der Waals surface area contributed by atoms with Gasteiger partial charge in [-0.15, -0.1) is 0 Å². The average Bonchev–Trinajstić information content (AvgIpc) is 2.18. The molecule has 0 aliphatic carbocycles. The molecule has 0 saturated heterocycles. The van der Waals surface area contributed by atoms with Crippen molar-refractivity contribution in [1.82, 2.24) is 9.97 Å². The van der Waals surface area contributed by atoms with Gasteiger partial charge in [0.15, 0.2) is 0 Å².